The summed E-state index contributed by atoms with van der Waals surface area (Å²) in [7, 11) is 0. The minimum Gasteiger partial charge on any atom is -0.508 e. The van der Waals surface area contributed by atoms with E-state index in [2.05, 4.69) is 26.8 Å². The zero-order valence-corrected chi connectivity index (χ0v) is 11.0. The lowest BCUT2D eigenvalue weighted by Gasteiger charge is -2.12. The molecule has 0 aliphatic carbocycles. The number of aromatic hydroxyl groups is 1. The van der Waals surface area contributed by atoms with Crippen LogP contribution in [0.1, 0.15) is 30.9 Å². The Morgan fingerprint density at radius 3 is 2.11 bits per heavy atom. The second kappa shape index (κ2) is 5.13. The molecule has 0 fully saturated rings. The first-order chi connectivity index (χ1) is 8.56. The molecule has 0 atom stereocenters. The summed E-state index contributed by atoms with van der Waals surface area (Å²) < 4.78 is 5.74. The van der Waals surface area contributed by atoms with Crippen molar-refractivity contribution in [2.75, 3.05) is 0 Å². The van der Waals surface area contributed by atoms with Crippen LogP contribution in [0.25, 0.3) is 0 Å². The summed E-state index contributed by atoms with van der Waals surface area (Å²) in [5.74, 6) is 2.31. The SMILES string of the molecule is Cc1cc(Oc2ccc(O)cc2)ccc1C(C)C. The largest absolute Gasteiger partial charge is 0.508 e. The molecule has 0 aromatic heterocycles. The van der Waals surface area contributed by atoms with Crippen molar-refractivity contribution in [2.24, 2.45) is 0 Å². The molecule has 0 heterocycles. The molecule has 94 valence electrons. The van der Waals surface area contributed by atoms with Crippen LogP contribution in [-0.2, 0) is 0 Å². The molecule has 2 rings (SSSR count). The van der Waals surface area contributed by atoms with E-state index in [4.69, 9.17) is 4.74 Å². The molecule has 0 spiro atoms. The quantitative estimate of drug-likeness (QED) is 0.851. The molecular formula is C16H18O2. The smallest absolute Gasteiger partial charge is 0.127 e. The van der Waals surface area contributed by atoms with E-state index in [0.717, 1.165) is 11.5 Å². The molecule has 0 amide bonds. The van der Waals surface area contributed by atoms with Crippen LogP contribution >= 0.6 is 0 Å². The second-order valence-corrected chi connectivity index (χ2v) is 4.77. The van der Waals surface area contributed by atoms with Gasteiger partial charge in [-0.05, 0) is 60.4 Å². The molecular weight excluding hydrogens is 224 g/mol. The summed E-state index contributed by atoms with van der Waals surface area (Å²) in [5, 5.41) is 9.21. The molecule has 1 N–H and O–H groups in total. The Morgan fingerprint density at radius 2 is 1.56 bits per heavy atom. The average molecular weight is 242 g/mol. The number of ether oxygens (including phenoxy) is 1. The number of hydrogen-bond acceptors (Lipinski definition) is 2. The number of phenols is 1. The van der Waals surface area contributed by atoms with Crippen molar-refractivity contribution >= 4 is 0 Å². The third-order valence-electron chi connectivity index (χ3n) is 2.94. The van der Waals surface area contributed by atoms with Gasteiger partial charge in [0.15, 0.2) is 0 Å². The van der Waals surface area contributed by atoms with Crippen molar-refractivity contribution in [3.8, 4) is 17.2 Å². The summed E-state index contributed by atoms with van der Waals surface area (Å²) in [6.45, 7) is 6.46. The van der Waals surface area contributed by atoms with Gasteiger partial charge in [0, 0.05) is 0 Å². The first kappa shape index (κ1) is 12.5. The number of phenolic OH excluding ortho intramolecular Hbond substituents is 1. The van der Waals surface area contributed by atoms with Crippen LogP contribution in [0.5, 0.6) is 17.2 Å². The molecule has 0 aliphatic rings. The van der Waals surface area contributed by atoms with Gasteiger partial charge in [0.1, 0.15) is 17.2 Å². The predicted molar refractivity (Wildman–Crippen MR) is 73.4 cm³/mol. The van der Waals surface area contributed by atoms with Crippen LogP contribution in [0.3, 0.4) is 0 Å². The van der Waals surface area contributed by atoms with Gasteiger partial charge >= 0.3 is 0 Å². The zero-order chi connectivity index (χ0) is 13.1. The van der Waals surface area contributed by atoms with Gasteiger partial charge in [0.2, 0.25) is 0 Å². The summed E-state index contributed by atoms with van der Waals surface area (Å²) in [6.07, 6.45) is 0. The normalized spacial score (nSPS) is 10.7. The summed E-state index contributed by atoms with van der Waals surface area (Å²) in [4.78, 5) is 0. The summed E-state index contributed by atoms with van der Waals surface area (Å²) in [5.41, 5.74) is 2.58. The van der Waals surface area contributed by atoms with Gasteiger partial charge in [-0.3, -0.25) is 0 Å². The Morgan fingerprint density at radius 1 is 0.944 bits per heavy atom. The van der Waals surface area contributed by atoms with Gasteiger partial charge in [-0.2, -0.15) is 0 Å². The topological polar surface area (TPSA) is 29.5 Å². The Bertz CT molecular complexity index is 527. The Balaban J connectivity index is 2.20. The lowest BCUT2D eigenvalue weighted by molar-refractivity contribution is 0.464. The van der Waals surface area contributed by atoms with E-state index in [1.807, 2.05) is 12.1 Å². The maximum absolute atomic E-state index is 9.21. The minimum absolute atomic E-state index is 0.244. The highest BCUT2D eigenvalue weighted by molar-refractivity contribution is 5.40. The van der Waals surface area contributed by atoms with E-state index in [1.165, 1.54) is 11.1 Å². The van der Waals surface area contributed by atoms with Crippen molar-refractivity contribution < 1.29 is 9.84 Å². The molecule has 2 aromatic carbocycles. The predicted octanol–water partition coefficient (Wildman–Crippen LogP) is 4.62. The van der Waals surface area contributed by atoms with Gasteiger partial charge in [-0.25, -0.2) is 0 Å². The van der Waals surface area contributed by atoms with Crippen LogP contribution in [-0.4, -0.2) is 5.11 Å². The molecule has 0 saturated carbocycles. The van der Waals surface area contributed by atoms with E-state index in [-0.39, 0.29) is 5.75 Å². The first-order valence-electron chi connectivity index (χ1n) is 6.13. The average Bonchev–Trinajstić information content (AvgIpc) is 2.32. The highest BCUT2D eigenvalue weighted by atomic mass is 16.5. The van der Waals surface area contributed by atoms with E-state index >= 15 is 0 Å². The summed E-state index contributed by atoms with van der Waals surface area (Å²) >= 11 is 0. The fourth-order valence-corrected chi connectivity index (χ4v) is 2.01. The standard InChI is InChI=1S/C16H18O2/c1-11(2)16-9-8-15(10-12(16)3)18-14-6-4-13(17)5-7-14/h4-11,17H,1-3H3. The maximum Gasteiger partial charge on any atom is 0.127 e. The van der Waals surface area contributed by atoms with Gasteiger partial charge in [-0.15, -0.1) is 0 Å². The zero-order valence-electron chi connectivity index (χ0n) is 11.0. The highest BCUT2D eigenvalue weighted by Gasteiger charge is 2.05. The van der Waals surface area contributed by atoms with Crippen molar-refractivity contribution in [2.45, 2.75) is 26.7 Å². The number of benzene rings is 2. The van der Waals surface area contributed by atoms with Crippen LogP contribution in [0, 0.1) is 6.92 Å². The fourth-order valence-electron chi connectivity index (χ4n) is 2.01. The molecule has 0 bridgehead atoms. The molecule has 18 heavy (non-hydrogen) atoms. The molecule has 2 heteroatoms. The lowest BCUT2D eigenvalue weighted by atomic mass is 9.98. The third kappa shape index (κ3) is 2.83. The van der Waals surface area contributed by atoms with Crippen LogP contribution in [0.4, 0.5) is 0 Å². The molecule has 0 radical (unpaired) electrons. The van der Waals surface area contributed by atoms with Crippen LogP contribution in [0.2, 0.25) is 0 Å². The third-order valence-corrected chi connectivity index (χ3v) is 2.94. The van der Waals surface area contributed by atoms with Crippen molar-refractivity contribution in [3.63, 3.8) is 0 Å². The van der Waals surface area contributed by atoms with E-state index in [0.29, 0.717) is 5.92 Å². The Labute approximate surface area is 108 Å². The molecule has 0 unspecified atom stereocenters. The van der Waals surface area contributed by atoms with Gasteiger partial charge in [-0.1, -0.05) is 19.9 Å². The van der Waals surface area contributed by atoms with Crippen molar-refractivity contribution in [3.05, 3.63) is 53.6 Å². The number of aryl methyl sites for hydroxylation is 1. The lowest BCUT2D eigenvalue weighted by Crippen LogP contribution is -1.92. The number of hydrogen-bond donors (Lipinski definition) is 1. The minimum atomic E-state index is 0.244. The van der Waals surface area contributed by atoms with Gasteiger partial charge in [0.25, 0.3) is 0 Å². The highest BCUT2D eigenvalue weighted by Crippen LogP contribution is 2.27. The van der Waals surface area contributed by atoms with Gasteiger partial charge in [0.05, 0.1) is 0 Å². The second-order valence-electron chi connectivity index (χ2n) is 4.77. The van der Waals surface area contributed by atoms with E-state index in [1.54, 1.807) is 24.3 Å². The Kier molecular flexibility index (Phi) is 3.56. The maximum atomic E-state index is 9.21. The molecule has 2 nitrogen and oxygen atoms in total. The monoisotopic (exact) mass is 242 g/mol. The van der Waals surface area contributed by atoms with Crippen molar-refractivity contribution in [1.82, 2.24) is 0 Å². The first-order valence-corrected chi connectivity index (χ1v) is 6.13. The fraction of sp³-hybridized carbons (Fsp3) is 0.250. The molecule has 2 aromatic rings. The molecule has 0 saturated heterocycles. The number of rotatable bonds is 3. The van der Waals surface area contributed by atoms with E-state index in [9.17, 15) is 5.11 Å². The van der Waals surface area contributed by atoms with Crippen LogP contribution in [0.15, 0.2) is 42.5 Å². The Hall–Kier alpha value is -1.96. The van der Waals surface area contributed by atoms with E-state index < -0.39 is 0 Å². The van der Waals surface area contributed by atoms with Crippen molar-refractivity contribution in [1.29, 1.82) is 0 Å². The molecule has 0 aliphatic heterocycles. The summed E-state index contributed by atoms with van der Waals surface area (Å²) in [6, 6.07) is 12.9. The van der Waals surface area contributed by atoms with Crippen LogP contribution < -0.4 is 4.74 Å². The van der Waals surface area contributed by atoms with Gasteiger partial charge < -0.3 is 9.84 Å².